The van der Waals surface area contributed by atoms with E-state index in [-0.39, 0.29) is 6.10 Å². The predicted octanol–water partition coefficient (Wildman–Crippen LogP) is 11.9. The van der Waals surface area contributed by atoms with Gasteiger partial charge in [-0.1, -0.05) is 186 Å². The third kappa shape index (κ3) is 11.6. The fourth-order valence-electron chi connectivity index (χ4n) is 8.55. The van der Waals surface area contributed by atoms with Gasteiger partial charge in [0, 0.05) is 10.9 Å². The molecule has 6 atom stereocenters. The van der Waals surface area contributed by atoms with E-state index in [4.69, 9.17) is 28.4 Å². The Bertz CT molecular complexity index is 2490. The molecular weight excluding hydrogens is 863 g/mol. The number of hydrogen-bond acceptors (Lipinski definition) is 7. The van der Waals surface area contributed by atoms with Gasteiger partial charge in [-0.15, -0.1) is 0 Å². The normalized spacial score (nSPS) is 20.5. The average Bonchev–Trinajstić information content (AvgIpc) is 3.34. The van der Waals surface area contributed by atoms with Crippen LogP contribution in [0.1, 0.15) is 50.6 Å². The lowest BCUT2D eigenvalue weighted by molar-refractivity contribution is -0.275. The lowest BCUT2D eigenvalue weighted by Gasteiger charge is -2.46. The summed E-state index contributed by atoms with van der Waals surface area (Å²) in [6, 6.07) is 64.5. The van der Waals surface area contributed by atoms with E-state index in [1.807, 2.05) is 78.9 Å². The quantitative estimate of drug-likeness (QED) is 0.0920. The van der Waals surface area contributed by atoms with Gasteiger partial charge >= 0.3 is 0 Å². The number of rotatable bonds is 18. The van der Waals surface area contributed by atoms with Crippen molar-refractivity contribution in [2.24, 2.45) is 0 Å². The number of anilines is 1. The van der Waals surface area contributed by atoms with E-state index in [0.717, 1.165) is 62.3 Å². The van der Waals surface area contributed by atoms with Gasteiger partial charge in [0.25, 0.3) is 0 Å². The second-order valence-corrected chi connectivity index (χ2v) is 17.4. The highest BCUT2D eigenvalue weighted by Gasteiger charge is 2.49. The first-order valence-corrected chi connectivity index (χ1v) is 23.0. The summed E-state index contributed by atoms with van der Waals surface area (Å²) in [6.45, 7) is 2.60. The van der Waals surface area contributed by atoms with E-state index in [1.54, 1.807) is 0 Å². The minimum Gasteiger partial charge on any atom is -0.486 e. The molecule has 9 rings (SSSR count). The van der Waals surface area contributed by atoms with Crippen molar-refractivity contribution < 1.29 is 28.4 Å². The zero-order valence-corrected chi connectivity index (χ0v) is 37.4. The van der Waals surface area contributed by atoms with Crippen LogP contribution in [0.2, 0.25) is 0 Å². The smallest absolute Gasteiger partial charge is 0.142 e. The topological polar surface area (TPSA) is 67.4 Å². The number of halogens is 1. The Morgan fingerprint density at radius 3 is 1.64 bits per heavy atom. The summed E-state index contributed by atoms with van der Waals surface area (Å²) in [5.74, 6) is 0.879. The van der Waals surface area contributed by atoms with Crippen LogP contribution in [-0.4, -0.2) is 43.7 Å². The third-order valence-electron chi connectivity index (χ3n) is 11.8. The van der Waals surface area contributed by atoms with Crippen molar-refractivity contribution in [3.63, 3.8) is 0 Å². The Kier molecular flexibility index (Phi) is 14.9. The summed E-state index contributed by atoms with van der Waals surface area (Å²) in [4.78, 5) is 0. The first-order chi connectivity index (χ1) is 31.6. The van der Waals surface area contributed by atoms with Crippen LogP contribution in [0, 0.1) is 0 Å². The largest absolute Gasteiger partial charge is 0.486 e. The molecule has 1 N–H and O–H groups in total. The van der Waals surface area contributed by atoms with Gasteiger partial charge in [0.05, 0.1) is 45.3 Å². The van der Waals surface area contributed by atoms with Crippen molar-refractivity contribution in [1.82, 2.24) is 0 Å². The monoisotopic (exact) mass is 915 g/mol. The summed E-state index contributed by atoms with van der Waals surface area (Å²) in [7, 11) is 0. The highest BCUT2D eigenvalue weighted by atomic mass is 79.9. The van der Waals surface area contributed by atoms with Crippen LogP contribution in [0.3, 0.4) is 0 Å². The standard InChI is InChI=1S/C56H54BrNO6/c57-49-28-27-46(33-47(49)30-45-26-29-51-50(32-45)58-34-48(63-51)31-40-16-6-1-7-17-40)53-55(61-37-43-22-12-4-13-23-43)56(62-38-44-24-14-5-15-25-44)54(60-36-42-20-10-3-11-21-42)52(64-53)39-59-35-41-18-8-2-9-19-41/h1-29,32-33,48,52-56,58H,30-31,34-39H2/t48?,52-,53+,54-,55+,56+/m1/s1. The fraction of sp³-hybridized carbons (Fsp3) is 0.250. The van der Waals surface area contributed by atoms with E-state index >= 15 is 0 Å². The molecule has 2 heterocycles. The van der Waals surface area contributed by atoms with Crippen LogP contribution in [0.5, 0.6) is 5.75 Å². The highest BCUT2D eigenvalue weighted by molar-refractivity contribution is 9.10. The summed E-state index contributed by atoms with van der Waals surface area (Å²) < 4.78 is 42.2. The molecule has 0 radical (unpaired) electrons. The van der Waals surface area contributed by atoms with Gasteiger partial charge < -0.3 is 33.7 Å². The molecule has 326 valence electrons. The molecule has 2 aliphatic heterocycles. The molecule has 7 nitrogen and oxygen atoms in total. The molecule has 1 unspecified atom stereocenters. The van der Waals surface area contributed by atoms with Crippen molar-refractivity contribution in [2.75, 3.05) is 18.5 Å². The van der Waals surface area contributed by atoms with Gasteiger partial charge in [0.1, 0.15) is 42.4 Å². The van der Waals surface area contributed by atoms with Gasteiger partial charge in [-0.25, -0.2) is 0 Å². The zero-order valence-electron chi connectivity index (χ0n) is 35.8. The Labute approximate surface area is 385 Å². The maximum atomic E-state index is 7.27. The van der Waals surface area contributed by atoms with Crippen LogP contribution < -0.4 is 10.1 Å². The Morgan fingerprint density at radius 2 is 1.05 bits per heavy atom. The van der Waals surface area contributed by atoms with Crippen LogP contribution >= 0.6 is 15.9 Å². The molecule has 0 bridgehead atoms. The minimum absolute atomic E-state index is 0.0653. The number of nitrogens with one attached hydrogen (secondary N) is 1. The second-order valence-electron chi connectivity index (χ2n) is 16.5. The van der Waals surface area contributed by atoms with Gasteiger partial charge in [-0.05, 0) is 69.1 Å². The average molecular weight is 917 g/mol. The molecule has 0 saturated carbocycles. The number of benzene rings is 7. The van der Waals surface area contributed by atoms with Crippen LogP contribution in [-0.2, 0) is 63.0 Å². The first kappa shape index (κ1) is 43.7. The number of fused-ring (bicyclic) bond motifs is 1. The number of ether oxygens (including phenoxy) is 6. The van der Waals surface area contributed by atoms with Gasteiger partial charge in [-0.3, -0.25) is 0 Å². The Hall–Kier alpha value is -5.58. The van der Waals surface area contributed by atoms with E-state index in [2.05, 4.69) is 130 Å². The van der Waals surface area contributed by atoms with Gasteiger partial charge in [-0.2, -0.15) is 0 Å². The van der Waals surface area contributed by atoms with Crippen LogP contribution in [0.25, 0.3) is 0 Å². The van der Waals surface area contributed by atoms with Crippen LogP contribution in [0.4, 0.5) is 5.69 Å². The second kappa shape index (κ2) is 21.9. The molecule has 2 aliphatic rings. The van der Waals surface area contributed by atoms with E-state index in [9.17, 15) is 0 Å². The molecule has 8 heteroatoms. The summed E-state index contributed by atoms with van der Waals surface area (Å²) in [6.07, 6.45) is -0.984. The number of hydrogen-bond donors (Lipinski definition) is 1. The molecule has 64 heavy (non-hydrogen) atoms. The lowest BCUT2D eigenvalue weighted by atomic mass is 9.89. The SMILES string of the molecule is Brc1ccc([C@@H]2O[C@H](COCc3ccccc3)[C@@H](OCc3ccccc3)[C@H](OCc3ccccc3)[C@H]2OCc2ccccc2)cc1Cc1ccc2c(c1)NCC(Cc1ccccc1)O2. The summed E-state index contributed by atoms with van der Waals surface area (Å²) in [5.41, 5.74) is 9.84. The Balaban J connectivity index is 1.03. The van der Waals surface area contributed by atoms with E-state index in [0.29, 0.717) is 39.5 Å². The molecule has 0 amide bonds. The molecule has 0 spiro atoms. The zero-order chi connectivity index (χ0) is 43.3. The first-order valence-electron chi connectivity index (χ1n) is 22.2. The molecule has 0 aromatic heterocycles. The third-order valence-corrected chi connectivity index (χ3v) is 12.6. The van der Waals surface area contributed by atoms with Crippen molar-refractivity contribution in [2.45, 2.75) is 75.9 Å². The molecule has 1 fully saturated rings. The van der Waals surface area contributed by atoms with Crippen molar-refractivity contribution in [3.8, 4) is 5.75 Å². The molecular formula is C56H54BrNO6. The molecule has 1 saturated heterocycles. The van der Waals surface area contributed by atoms with Crippen LogP contribution in [0.15, 0.2) is 193 Å². The lowest BCUT2D eigenvalue weighted by Crippen LogP contribution is -2.58. The highest BCUT2D eigenvalue weighted by Crippen LogP contribution is 2.40. The molecule has 7 aromatic carbocycles. The van der Waals surface area contributed by atoms with Crippen molar-refractivity contribution >= 4 is 21.6 Å². The van der Waals surface area contributed by atoms with E-state index in [1.165, 1.54) is 11.1 Å². The van der Waals surface area contributed by atoms with E-state index < -0.39 is 30.5 Å². The van der Waals surface area contributed by atoms with Crippen molar-refractivity contribution in [1.29, 1.82) is 0 Å². The van der Waals surface area contributed by atoms with Gasteiger partial charge in [0.15, 0.2) is 0 Å². The maximum absolute atomic E-state index is 7.27. The maximum Gasteiger partial charge on any atom is 0.142 e. The summed E-state index contributed by atoms with van der Waals surface area (Å²) >= 11 is 3.91. The van der Waals surface area contributed by atoms with Crippen molar-refractivity contribution in [3.05, 3.63) is 237 Å². The fourth-order valence-corrected chi connectivity index (χ4v) is 8.94. The predicted molar refractivity (Wildman–Crippen MR) is 255 cm³/mol. The van der Waals surface area contributed by atoms with Gasteiger partial charge in [0.2, 0.25) is 0 Å². The Morgan fingerprint density at radius 1 is 0.516 bits per heavy atom. The summed E-state index contributed by atoms with van der Waals surface area (Å²) in [5, 5.41) is 3.64. The molecule has 0 aliphatic carbocycles. The minimum atomic E-state index is -0.544. The molecule has 7 aromatic rings.